The second-order valence-electron chi connectivity index (χ2n) is 4.23. The molecule has 0 bridgehead atoms. The summed E-state index contributed by atoms with van der Waals surface area (Å²) in [5.41, 5.74) is 0. The van der Waals surface area contributed by atoms with Gasteiger partial charge in [0.1, 0.15) is 10.0 Å². The number of hydrogen-bond acceptors (Lipinski definition) is 4. The van der Waals surface area contributed by atoms with Crippen LogP contribution in [0.1, 0.15) is 36.7 Å². The van der Waals surface area contributed by atoms with Gasteiger partial charge < -0.3 is 5.32 Å². The molecule has 86 valence electrons. The fourth-order valence-corrected chi connectivity index (χ4v) is 2.22. The summed E-state index contributed by atoms with van der Waals surface area (Å²) in [6.07, 6.45) is 4.50. The van der Waals surface area contributed by atoms with Gasteiger partial charge in [-0.2, -0.15) is 0 Å². The molecule has 0 aromatic carbocycles. The summed E-state index contributed by atoms with van der Waals surface area (Å²) >= 11 is 1.78. The molecule has 15 heavy (non-hydrogen) atoms. The Morgan fingerprint density at radius 3 is 2.47 bits per heavy atom. The maximum Gasteiger partial charge on any atom is 0.117 e. The first-order valence-corrected chi connectivity index (χ1v) is 6.50. The molecule has 1 heterocycles. The van der Waals surface area contributed by atoms with Gasteiger partial charge in [-0.3, -0.25) is 0 Å². The van der Waals surface area contributed by atoms with Crippen molar-refractivity contribution in [3.63, 3.8) is 0 Å². The SMILES string of the molecule is CNCCCc1nnc(CCC(C)C)s1. The summed E-state index contributed by atoms with van der Waals surface area (Å²) in [7, 11) is 1.98. The average molecular weight is 227 g/mol. The summed E-state index contributed by atoms with van der Waals surface area (Å²) in [6.45, 7) is 5.55. The van der Waals surface area contributed by atoms with Crippen LogP contribution in [0.15, 0.2) is 0 Å². The molecule has 0 aliphatic carbocycles. The van der Waals surface area contributed by atoms with Gasteiger partial charge in [0.2, 0.25) is 0 Å². The predicted octanol–water partition coefficient (Wildman–Crippen LogP) is 2.28. The number of hydrogen-bond donors (Lipinski definition) is 1. The van der Waals surface area contributed by atoms with E-state index in [1.165, 1.54) is 16.4 Å². The second-order valence-corrected chi connectivity index (χ2v) is 5.38. The molecule has 1 rings (SSSR count). The Morgan fingerprint density at radius 1 is 1.20 bits per heavy atom. The number of nitrogens with one attached hydrogen (secondary N) is 1. The Balaban J connectivity index is 2.29. The minimum Gasteiger partial charge on any atom is -0.320 e. The maximum absolute atomic E-state index is 4.21. The first kappa shape index (κ1) is 12.6. The maximum atomic E-state index is 4.21. The van der Waals surface area contributed by atoms with Crippen molar-refractivity contribution in [2.45, 2.75) is 39.5 Å². The molecule has 0 saturated heterocycles. The van der Waals surface area contributed by atoms with E-state index < -0.39 is 0 Å². The van der Waals surface area contributed by atoms with E-state index in [0.29, 0.717) is 0 Å². The van der Waals surface area contributed by atoms with Gasteiger partial charge in [0.05, 0.1) is 0 Å². The molecule has 0 aliphatic rings. The molecule has 0 amide bonds. The van der Waals surface area contributed by atoms with E-state index in [1.54, 1.807) is 11.3 Å². The van der Waals surface area contributed by atoms with Crippen LogP contribution in [0.2, 0.25) is 0 Å². The molecule has 1 N–H and O–H groups in total. The minimum atomic E-state index is 0.752. The molecule has 0 unspecified atom stereocenters. The van der Waals surface area contributed by atoms with E-state index in [2.05, 4.69) is 29.4 Å². The first-order chi connectivity index (χ1) is 7.22. The average Bonchev–Trinajstić information content (AvgIpc) is 2.63. The molecular weight excluding hydrogens is 206 g/mol. The fourth-order valence-electron chi connectivity index (χ4n) is 1.32. The summed E-state index contributed by atoms with van der Waals surface area (Å²) in [4.78, 5) is 0. The Bertz CT molecular complexity index is 271. The van der Waals surface area contributed by atoms with Gasteiger partial charge in [-0.15, -0.1) is 21.5 Å². The highest BCUT2D eigenvalue weighted by Gasteiger charge is 2.04. The number of nitrogens with zero attached hydrogens (tertiary/aromatic N) is 2. The molecule has 0 aliphatic heterocycles. The Hall–Kier alpha value is -0.480. The quantitative estimate of drug-likeness (QED) is 0.726. The van der Waals surface area contributed by atoms with Crippen LogP contribution in [0.3, 0.4) is 0 Å². The number of aromatic nitrogens is 2. The van der Waals surface area contributed by atoms with Crippen LogP contribution in [0.4, 0.5) is 0 Å². The summed E-state index contributed by atoms with van der Waals surface area (Å²) in [5, 5.41) is 13.9. The van der Waals surface area contributed by atoms with Crippen molar-refractivity contribution in [2.24, 2.45) is 5.92 Å². The van der Waals surface area contributed by atoms with Crippen LogP contribution >= 0.6 is 11.3 Å². The highest BCUT2D eigenvalue weighted by molar-refractivity contribution is 7.11. The van der Waals surface area contributed by atoms with Crippen LogP contribution in [-0.2, 0) is 12.8 Å². The van der Waals surface area contributed by atoms with Gasteiger partial charge in [-0.05, 0) is 32.4 Å². The third kappa shape index (κ3) is 5.23. The lowest BCUT2D eigenvalue weighted by atomic mass is 10.1. The molecule has 0 fully saturated rings. The van der Waals surface area contributed by atoms with Gasteiger partial charge in [0, 0.05) is 12.8 Å². The van der Waals surface area contributed by atoms with Crippen molar-refractivity contribution in [3.05, 3.63) is 10.0 Å². The predicted molar refractivity (Wildman–Crippen MR) is 65.3 cm³/mol. The fraction of sp³-hybridized carbons (Fsp3) is 0.818. The second kappa shape index (κ2) is 6.90. The highest BCUT2D eigenvalue weighted by Crippen LogP contribution is 2.15. The van der Waals surface area contributed by atoms with Crippen LogP contribution in [0.5, 0.6) is 0 Å². The standard InChI is InChI=1S/C11H21N3S/c1-9(2)6-7-11-14-13-10(15-11)5-4-8-12-3/h9,12H,4-8H2,1-3H3. The van der Waals surface area contributed by atoms with Gasteiger partial charge in [-0.25, -0.2) is 0 Å². The van der Waals surface area contributed by atoms with Crippen molar-refractivity contribution in [2.75, 3.05) is 13.6 Å². The summed E-state index contributed by atoms with van der Waals surface area (Å²) < 4.78 is 0. The largest absolute Gasteiger partial charge is 0.320 e. The van der Waals surface area contributed by atoms with Gasteiger partial charge in [0.15, 0.2) is 0 Å². The third-order valence-electron chi connectivity index (χ3n) is 2.26. The lowest BCUT2D eigenvalue weighted by Crippen LogP contribution is -2.08. The molecule has 4 heteroatoms. The van der Waals surface area contributed by atoms with E-state index in [-0.39, 0.29) is 0 Å². The topological polar surface area (TPSA) is 37.8 Å². The van der Waals surface area contributed by atoms with E-state index in [9.17, 15) is 0 Å². The van der Waals surface area contributed by atoms with Crippen molar-refractivity contribution in [3.8, 4) is 0 Å². The molecular formula is C11H21N3S. The van der Waals surface area contributed by atoms with Gasteiger partial charge in [-0.1, -0.05) is 13.8 Å². The van der Waals surface area contributed by atoms with E-state index in [4.69, 9.17) is 0 Å². The molecule has 0 radical (unpaired) electrons. The normalized spacial score (nSPS) is 11.2. The number of rotatable bonds is 7. The third-order valence-corrected chi connectivity index (χ3v) is 3.30. The van der Waals surface area contributed by atoms with Crippen LogP contribution in [0, 0.1) is 5.92 Å². The van der Waals surface area contributed by atoms with Crippen LogP contribution in [0.25, 0.3) is 0 Å². The van der Waals surface area contributed by atoms with Crippen LogP contribution in [-0.4, -0.2) is 23.8 Å². The van der Waals surface area contributed by atoms with Gasteiger partial charge >= 0.3 is 0 Å². The van der Waals surface area contributed by atoms with Crippen molar-refractivity contribution < 1.29 is 0 Å². The molecule has 3 nitrogen and oxygen atoms in total. The minimum absolute atomic E-state index is 0.752. The first-order valence-electron chi connectivity index (χ1n) is 5.68. The van der Waals surface area contributed by atoms with E-state index in [1.807, 2.05) is 7.05 Å². The zero-order valence-corrected chi connectivity index (χ0v) is 10.7. The van der Waals surface area contributed by atoms with Gasteiger partial charge in [0.25, 0.3) is 0 Å². The molecule has 0 spiro atoms. The number of aryl methyl sites for hydroxylation is 2. The van der Waals surface area contributed by atoms with Crippen molar-refractivity contribution in [1.29, 1.82) is 0 Å². The lowest BCUT2D eigenvalue weighted by Gasteiger charge is -1.99. The smallest absolute Gasteiger partial charge is 0.117 e. The molecule has 0 atom stereocenters. The zero-order valence-electron chi connectivity index (χ0n) is 9.92. The van der Waals surface area contributed by atoms with Crippen molar-refractivity contribution >= 4 is 11.3 Å². The summed E-state index contributed by atoms with van der Waals surface area (Å²) in [5.74, 6) is 0.752. The van der Waals surface area contributed by atoms with E-state index in [0.717, 1.165) is 31.7 Å². The highest BCUT2D eigenvalue weighted by atomic mass is 32.1. The Labute approximate surface area is 96.3 Å². The Kier molecular flexibility index (Phi) is 5.79. The van der Waals surface area contributed by atoms with Crippen molar-refractivity contribution in [1.82, 2.24) is 15.5 Å². The lowest BCUT2D eigenvalue weighted by molar-refractivity contribution is 0.583. The van der Waals surface area contributed by atoms with E-state index >= 15 is 0 Å². The monoisotopic (exact) mass is 227 g/mol. The summed E-state index contributed by atoms with van der Waals surface area (Å²) in [6, 6.07) is 0. The molecule has 1 aromatic rings. The van der Waals surface area contributed by atoms with Crippen LogP contribution < -0.4 is 5.32 Å². The molecule has 1 aromatic heterocycles. The molecule has 0 saturated carbocycles. The Morgan fingerprint density at radius 2 is 1.87 bits per heavy atom. The zero-order chi connectivity index (χ0) is 11.1.